The first-order valence-corrected chi connectivity index (χ1v) is 5.09. The van der Waals surface area contributed by atoms with Gasteiger partial charge in [-0.1, -0.05) is 18.7 Å². The molecule has 1 aromatic rings. The molecule has 0 unspecified atom stereocenters. The minimum atomic E-state index is 0.254. The third-order valence-corrected chi connectivity index (χ3v) is 1.88. The smallest absolute Gasteiger partial charge is 0.0699 e. The van der Waals surface area contributed by atoms with E-state index in [1.54, 1.807) is 12.3 Å². The molecule has 0 aliphatic heterocycles. The molecule has 0 N–H and O–H groups in total. The number of rotatable bonds is 4. The van der Waals surface area contributed by atoms with Gasteiger partial charge in [0, 0.05) is 6.20 Å². The summed E-state index contributed by atoms with van der Waals surface area (Å²) in [6.07, 6.45) is 7.69. The lowest BCUT2D eigenvalue weighted by Crippen LogP contribution is -2.27. The largest absolute Gasteiger partial charge is 0.375 e. The molecule has 15 heavy (non-hydrogen) atoms. The van der Waals surface area contributed by atoms with Crippen molar-refractivity contribution in [1.82, 2.24) is 4.98 Å². The van der Waals surface area contributed by atoms with Gasteiger partial charge in [-0.15, -0.1) is 0 Å². The van der Waals surface area contributed by atoms with Crippen LogP contribution in [0.25, 0.3) is 12.2 Å². The van der Waals surface area contributed by atoms with Crippen molar-refractivity contribution < 1.29 is 4.74 Å². The lowest BCUT2D eigenvalue weighted by atomic mass is 10.3. The SMILES string of the molecule is C=C/C=c1/nccc/c1=C/COC(C)C. The molecule has 0 radical (unpaired) electrons. The van der Waals surface area contributed by atoms with Crippen LogP contribution >= 0.6 is 0 Å². The average Bonchev–Trinajstić information content (AvgIpc) is 2.20. The molecular weight excluding hydrogens is 186 g/mol. The zero-order valence-corrected chi connectivity index (χ0v) is 9.31. The van der Waals surface area contributed by atoms with Gasteiger partial charge in [-0.3, -0.25) is 4.98 Å². The van der Waals surface area contributed by atoms with Crippen molar-refractivity contribution in [2.75, 3.05) is 6.61 Å². The van der Waals surface area contributed by atoms with Crippen LogP contribution in [0, 0.1) is 0 Å². The number of hydrogen-bond acceptors (Lipinski definition) is 2. The molecule has 0 bridgehead atoms. The Morgan fingerprint density at radius 2 is 2.33 bits per heavy atom. The van der Waals surface area contributed by atoms with Crippen LogP contribution in [0.2, 0.25) is 0 Å². The summed E-state index contributed by atoms with van der Waals surface area (Å²) >= 11 is 0. The first kappa shape index (κ1) is 11.7. The number of allylic oxidation sites excluding steroid dienone is 1. The molecule has 1 aromatic heterocycles. The van der Waals surface area contributed by atoms with Crippen LogP contribution in [0.15, 0.2) is 31.0 Å². The van der Waals surface area contributed by atoms with Crippen molar-refractivity contribution >= 4 is 12.2 Å². The predicted molar refractivity (Wildman–Crippen MR) is 63.7 cm³/mol. The van der Waals surface area contributed by atoms with Gasteiger partial charge >= 0.3 is 0 Å². The molecule has 2 nitrogen and oxygen atoms in total. The maximum Gasteiger partial charge on any atom is 0.0699 e. The molecule has 0 aliphatic carbocycles. The Balaban J connectivity index is 2.93. The Labute approximate surface area is 90.6 Å². The highest BCUT2D eigenvalue weighted by Crippen LogP contribution is 1.86. The van der Waals surface area contributed by atoms with Crippen molar-refractivity contribution in [3.05, 3.63) is 41.6 Å². The summed E-state index contributed by atoms with van der Waals surface area (Å²) in [6.45, 7) is 8.32. The second-order valence-corrected chi connectivity index (χ2v) is 3.47. The first-order valence-electron chi connectivity index (χ1n) is 5.09. The van der Waals surface area contributed by atoms with Crippen molar-refractivity contribution in [3.8, 4) is 0 Å². The zero-order valence-electron chi connectivity index (χ0n) is 9.31. The third kappa shape index (κ3) is 4.09. The normalized spacial score (nSPS) is 13.5. The minimum absolute atomic E-state index is 0.254. The monoisotopic (exact) mass is 203 g/mol. The standard InChI is InChI=1S/C13H17NO/c1-4-6-13-12(7-5-9-14-13)8-10-15-11(2)3/h4-9,11H,1,10H2,2-3H3/b12-8-,13-6+. The van der Waals surface area contributed by atoms with E-state index in [-0.39, 0.29) is 6.10 Å². The Kier molecular flexibility index (Phi) is 4.78. The number of aromatic nitrogens is 1. The van der Waals surface area contributed by atoms with E-state index in [4.69, 9.17) is 4.74 Å². The Bertz CT molecular complexity index is 420. The van der Waals surface area contributed by atoms with E-state index in [0.29, 0.717) is 6.61 Å². The Morgan fingerprint density at radius 3 is 3.00 bits per heavy atom. The molecule has 0 aromatic carbocycles. The van der Waals surface area contributed by atoms with Gasteiger partial charge in [0.05, 0.1) is 18.1 Å². The van der Waals surface area contributed by atoms with E-state index < -0.39 is 0 Å². The van der Waals surface area contributed by atoms with Crippen LogP contribution in [0.3, 0.4) is 0 Å². The molecule has 0 fully saturated rings. The van der Waals surface area contributed by atoms with Crippen molar-refractivity contribution in [1.29, 1.82) is 0 Å². The fraction of sp³-hybridized carbons (Fsp3) is 0.308. The summed E-state index contributed by atoms with van der Waals surface area (Å²) in [4.78, 5) is 4.25. The maximum absolute atomic E-state index is 5.46. The summed E-state index contributed by atoms with van der Waals surface area (Å²) in [5.74, 6) is 0. The van der Waals surface area contributed by atoms with Crippen molar-refractivity contribution in [2.45, 2.75) is 20.0 Å². The van der Waals surface area contributed by atoms with Crippen molar-refractivity contribution in [3.63, 3.8) is 0 Å². The van der Waals surface area contributed by atoms with Crippen LogP contribution in [0.5, 0.6) is 0 Å². The third-order valence-electron chi connectivity index (χ3n) is 1.88. The fourth-order valence-corrected chi connectivity index (χ4v) is 1.18. The predicted octanol–water partition coefficient (Wildman–Crippen LogP) is 1.25. The van der Waals surface area contributed by atoms with Gasteiger partial charge in [0.25, 0.3) is 0 Å². The second kappa shape index (κ2) is 6.14. The van der Waals surface area contributed by atoms with Gasteiger partial charge in [0.2, 0.25) is 0 Å². The van der Waals surface area contributed by atoms with Gasteiger partial charge in [0.15, 0.2) is 0 Å². The summed E-state index contributed by atoms with van der Waals surface area (Å²) in [7, 11) is 0. The van der Waals surface area contributed by atoms with Crippen LogP contribution < -0.4 is 10.6 Å². The van der Waals surface area contributed by atoms with E-state index in [2.05, 4.69) is 11.6 Å². The average molecular weight is 203 g/mol. The summed E-state index contributed by atoms with van der Waals surface area (Å²) in [5.41, 5.74) is 0. The molecule has 1 rings (SSSR count). The number of ether oxygens (including phenoxy) is 1. The van der Waals surface area contributed by atoms with Crippen LogP contribution in [0.4, 0.5) is 0 Å². The second-order valence-electron chi connectivity index (χ2n) is 3.47. The van der Waals surface area contributed by atoms with E-state index in [1.807, 2.05) is 38.1 Å². The Morgan fingerprint density at radius 1 is 1.53 bits per heavy atom. The topological polar surface area (TPSA) is 22.1 Å². The van der Waals surface area contributed by atoms with E-state index in [1.165, 1.54) is 0 Å². The van der Waals surface area contributed by atoms with E-state index in [9.17, 15) is 0 Å². The number of hydrogen-bond donors (Lipinski definition) is 0. The molecule has 1 heterocycles. The molecule has 0 amide bonds. The van der Waals surface area contributed by atoms with Crippen LogP contribution in [-0.4, -0.2) is 17.7 Å². The molecule has 0 atom stereocenters. The minimum Gasteiger partial charge on any atom is -0.375 e. The lowest BCUT2D eigenvalue weighted by molar-refractivity contribution is 0.109. The molecule has 2 heteroatoms. The van der Waals surface area contributed by atoms with Crippen molar-refractivity contribution in [2.24, 2.45) is 0 Å². The highest BCUT2D eigenvalue weighted by atomic mass is 16.5. The summed E-state index contributed by atoms with van der Waals surface area (Å²) < 4.78 is 5.46. The summed E-state index contributed by atoms with van der Waals surface area (Å²) in [5, 5.41) is 2.01. The van der Waals surface area contributed by atoms with E-state index in [0.717, 1.165) is 10.6 Å². The van der Waals surface area contributed by atoms with Crippen LogP contribution in [-0.2, 0) is 4.74 Å². The molecule has 0 saturated carbocycles. The van der Waals surface area contributed by atoms with Crippen LogP contribution in [0.1, 0.15) is 13.8 Å². The first-order chi connectivity index (χ1) is 7.24. The summed E-state index contributed by atoms with van der Waals surface area (Å²) in [6, 6.07) is 3.94. The van der Waals surface area contributed by atoms with Gasteiger partial charge in [0.1, 0.15) is 0 Å². The Hall–Kier alpha value is -1.41. The maximum atomic E-state index is 5.46. The molecule has 0 saturated heterocycles. The molecule has 80 valence electrons. The quantitative estimate of drug-likeness (QED) is 0.735. The lowest BCUT2D eigenvalue weighted by Gasteiger charge is -2.02. The van der Waals surface area contributed by atoms with Gasteiger partial charge < -0.3 is 4.74 Å². The van der Waals surface area contributed by atoms with E-state index >= 15 is 0 Å². The van der Waals surface area contributed by atoms with Gasteiger partial charge in [-0.25, -0.2) is 0 Å². The fourth-order valence-electron chi connectivity index (χ4n) is 1.18. The number of pyridine rings is 1. The molecule has 0 aliphatic rings. The number of nitrogens with zero attached hydrogens (tertiary/aromatic N) is 1. The van der Waals surface area contributed by atoms with Gasteiger partial charge in [-0.2, -0.15) is 0 Å². The molecule has 0 spiro atoms. The van der Waals surface area contributed by atoms with Gasteiger partial charge in [-0.05, 0) is 37.3 Å². The molecular formula is C13H17NO. The highest BCUT2D eigenvalue weighted by molar-refractivity contribution is 5.35. The highest BCUT2D eigenvalue weighted by Gasteiger charge is 1.89. The zero-order chi connectivity index (χ0) is 11.1.